The van der Waals surface area contributed by atoms with Gasteiger partial charge in [0, 0.05) is 32.3 Å². The second kappa shape index (κ2) is 6.38. The van der Waals surface area contributed by atoms with E-state index in [4.69, 9.17) is 10.5 Å². The highest BCUT2D eigenvalue weighted by Gasteiger charge is 2.18. The van der Waals surface area contributed by atoms with E-state index in [0.717, 1.165) is 19.6 Å². The second-order valence-corrected chi connectivity index (χ2v) is 4.59. The van der Waals surface area contributed by atoms with Crippen molar-refractivity contribution in [2.45, 2.75) is 44.7 Å². The van der Waals surface area contributed by atoms with Crippen LogP contribution in [0, 0.1) is 5.92 Å². The first-order valence-corrected chi connectivity index (χ1v) is 5.70. The smallest absolute Gasteiger partial charge is 0.0499 e. The largest absolute Gasteiger partial charge is 0.384 e. The van der Waals surface area contributed by atoms with Gasteiger partial charge in [0.15, 0.2) is 0 Å². The zero-order valence-corrected chi connectivity index (χ0v) is 9.46. The van der Waals surface area contributed by atoms with Crippen molar-refractivity contribution in [1.29, 1.82) is 0 Å². The molecule has 84 valence electrons. The highest BCUT2D eigenvalue weighted by Crippen LogP contribution is 2.16. The van der Waals surface area contributed by atoms with Crippen LogP contribution in [0.1, 0.15) is 32.6 Å². The number of methoxy groups -OCH3 is 1. The van der Waals surface area contributed by atoms with E-state index in [1.807, 2.05) is 0 Å². The van der Waals surface area contributed by atoms with E-state index in [9.17, 15) is 0 Å². The number of rotatable bonds is 5. The molecule has 0 aromatic rings. The molecule has 1 aliphatic carbocycles. The number of hydrogen-bond donors (Lipinski definition) is 2. The zero-order valence-electron chi connectivity index (χ0n) is 9.46. The summed E-state index contributed by atoms with van der Waals surface area (Å²) in [6.07, 6.45) is 4.90. The van der Waals surface area contributed by atoms with Crippen molar-refractivity contribution in [3.8, 4) is 0 Å². The Hall–Kier alpha value is -0.120. The minimum absolute atomic E-state index is 0.416. The van der Waals surface area contributed by atoms with Gasteiger partial charge in [-0.05, 0) is 25.2 Å². The first-order valence-electron chi connectivity index (χ1n) is 5.70. The molecule has 1 saturated carbocycles. The Kier molecular flexibility index (Phi) is 5.45. The molecule has 0 bridgehead atoms. The minimum atomic E-state index is 0.416. The lowest BCUT2D eigenvalue weighted by atomic mass is 9.91. The van der Waals surface area contributed by atoms with Crippen molar-refractivity contribution in [3.05, 3.63) is 0 Å². The minimum Gasteiger partial charge on any atom is -0.384 e. The van der Waals surface area contributed by atoms with Crippen molar-refractivity contribution >= 4 is 0 Å². The van der Waals surface area contributed by atoms with Gasteiger partial charge in [0.05, 0.1) is 0 Å². The Labute approximate surface area is 87.4 Å². The molecule has 0 radical (unpaired) electrons. The van der Waals surface area contributed by atoms with Gasteiger partial charge in [-0.25, -0.2) is 0 Å². The van der Waals surface area contributed by atoms with Crippen molar-refractivity contribution < 1.29 is 4.74 Å². The number of ether oxygens (including phenoxy) is 1. The molecule has 0 amide bonds. The van der Waals surface area contributed by atoms with Gasteiger partial charge in [-0.15, -0.1) is 0 Å². The monoisotopic (exact) mass is 200 g/mol. The van der Waals surface area contributed by atoms with E-state index in [0.29, 0.717) is 18.0 Å². The third-order valence-corrected chi connectivity index (χ3v) is 2.92. The predicted octanol–water partition coefficient (Wildman–Crippen LogP) is 1.13. The standard InChI is InChI=1S/C11H24N2O/c1-9(8-14-2)7-13-11-5-3-4-10(12)6-11/h9-11,13H,3-8,12H2,1-2H3. The lowest BCUT2D eigenvalue weighted by molar-refractivity contribution is 0.155. The van der Waals surface area contributed by atoms with E-state index >= 15 is 0 Å². The van der Waals surface area contributed by atoms with Crippen molar-refractivity contribution in [1.82, 2.24) is 5.32 Å². The highest BCUT2D eigenvalue weighted by molar-refractivity contribution is 4.80. The summed E-state index contributed by atoms with van der Waals surface area (Å²) in [5.74, 6) is 0.596. The first-order chi connectivity index (χ1) is 6.72. The normalized spacial score (nSPS) is 30.2. The maximum absolute atomic E-state index is 5.93. The van der Waals surface area contributed by atoms with E-state index in [1.165, 1.54) is 19.3 Å². The molecule has 0 aromatic heterocycles. The van der Waals surface area contributed by atoms with E-state index in [1.54, 1.807) is 7.11 Å². The average molecular weight is 200 g/mol. The Morgan fingerprint density at radius 2 is 2.29 bits per heavy atom. The lowest BCUT2D eigenvalue weighted by Gasteiger charge is -2.28. The maximum atomic E-state index is 5.93. The maximum Gasteiger partial charge on any atom is 0.0499 e. The lowest BCUT2D eigenvalue weighted by Crippen LogP contribution is -2.41. The summed E-state index contributed by atoms with van der Waals surface area (Å²) in [5.41, 5.74) is 5.93. The van der Waals surface area contributed by atoms with Crippen LogP contribution in [0.2, 0.25) is 0 Å². The summed E-state index contributed by atoms with van der Waals surface area (Å²) in [5, 5.41) is 3.58. The number of hydrogen-bond acceptors (Lipinski definition) is 3. The van der Waals surface area contributed by atoms with Crippen LogP contribution in [0.15, 0.2) is 0 Å². The molecule has 1 fully saturated rings. The van der Waals surface area contributed by atoms with Gasteiger partial charge in [0.2, 0.25) is 0 Å². The highest BCUT2D eigenvalue weighted by atomic mass is 16.5. The van der Waals surface area contributed by atoms with E-state index in [2.05, 4.69) is 12.2 Å². The fraction of sp³-hybridized carbons (Fsp3) is 1.00. The third-order valence-electron chi connectivity index (χ3n) is 2.92. The molecule has 0 spiro atoms. The molecule has 14 heavy (non-hydrogen) atoms. The Balaban J connectivity index is 2.10. The van der Waals surface area contributed by atoms with Gasteiger partial charge in [-0.2, -0.15) is 0 Å². The van der Waals surface area contributed by atoms with Gasteiger partial charge >= 0.3 is 0 Å². The van der Waals surface area contributed by atoms with Crippen LogP contribution in [-0.2, 0) is 4.74 Å². The molecule has 3 unspecified atom stereocenters. The van der Waals surface area contributed by atoms with Gasteiger partial charge in [-0.3, -0.25) is 0 Å². The topological polar surface area (TPSA) is 47.3 Å². The average Bonchev–Trinajstić information content (AvgIpc) is 2.15. The number of nitrogens with two attached hydrogens (primary N) is 1. The van der Waals surface area contributed by atoms with E-state index < -0.39 is 0 Å². The fourth-order valence-electron chi connectivity index (χ4n) is 2.12. The Morgan fingerprint density at radius 1 is 1.50 bits per heavy atom. The third kappa shape index (κ3) is 4.40. The van der Waals surface area contributed by atoms with Crippen LogP contribution in [0.25, 0.3) is 0 Å². The van der Waals surface area contributed by atoms with Crippen molar-refractivity contribution in [2.24, 2.45) is 11.7 Å². The molecule has 3 atom stereocenters. The van der Waals surface area contributed by atoms with Crippen molar-refractivity contribution in [2.75, 3.05) is 20.3 Å². The summed E-state index contributed by atoms with van der Waals surface area (Å²) >= 11 is 0. The molecule has 1 rings (SSSR count). The molecule has 0 saturated heterocycles. The van der Waals surface area contributed by atoms with Crippen LogP contribution in [-0.4, -0.2) is 32.3 Å². The molecule has 1 aliphatic rings. The van der Waals surface area contributed by atoms with Gasteiger partial charge in [0.1, 0.15) is 0 Å². The van der Waals surface area contributed by atoms with Crippen molar-refractivity contribution in [3.63, 3.8) is 0 Å². The molecule has 0 aliphatic heterocycles. The van der Waals surface area contributed by atoms with Crippen LogP contribution >= 0.6 is 0 Å². The molecule has 3 heteroatoms. The molecular weight excluding hydrogens is 176 g/mol. The summed E-state index contributed by atoms with van der Waals surface area (Å²) < 4.78 is 5.10. The van der Waals surface area contributed by atoms with Crippen LogP contribution < -0.4 is 11.1 Å². The molecule has 3 N–H and O–H groups in total. The quantitative estimate of drug-likeness (QED) is 0.699. The van der Waals surface area contributed by atoms with Crippen LogP contribution in [0.3, 0.4) is 0 Å². The van der Waals surface area contributed by atoms with Crippen LogP contribution in [0.4, 0.5) is 0 Å². The van der Waals surface area contributed by atoms with Gasteiger partial charge < -0.3 is 15.8 Å². The Bertz CT molecular complexity index is 152. The Morgan fingerprint density at radius 3 is 2.93 bits per heavy atom. The zero-order chi connectivity index (χ0) is 10.4. The molecule has 3 nitrogen and oxygen atoms in total. The molecule has 0 aromatic carbocycles. The summed E-state index contributed by atoms with van der Waals surface area (Å²) in [6.45, 7) is 4.09. The van der Waals surface area contributed by atoms with E-state index in [-0.39, 0.29) is 0 Å². The van der Waals surface area contributed by atoms with Gasteiger partial charge in [0.25, 0.3) is 0 Å². The summed E-state index contributed by atoms with van der Waals surface area (Å²) in [7, 11) is 1.76. The SMILES string of the molecule is COCC(C)CNC1CCCC(N)C1. The molecular formula is C11H24N2O. The molecule has 0 heterocycles. The summed E-state index contributed by atoms with van der Waals surface area (Å²) in [4.78, 5) is 0. The fourth-order valence-corrected chi connectivity index (χ4v) is 2.12. The number of nitrogens with one attached hydrogen (secondary N) is 1. The summed E-state index contributed by atoms with van der Waals surface area (Å²) in [6, 6.07) is 1.05. The first kappa shape index (κ1) is 12.0. The van der Waals surface area contributed by atoms with Gasteiger partial charge in [-0.1, -0.05) is 13.3 Å². The predicted molar refractivity (Wildman–Crippen MR) is 59.3 cm³/mol. The van der Waals surface area contributed by atoms with Crippen LogP contribution in [0.5, 0.6) is 0 Å². The second-order valence-electron chi connectivity index (χ2n) is 4.59.